The molecule has 0 N–H and O–H groups in total. The Hall–Kier alpha value is -1.78. The minimum Gasteiger partial charge on any atom is -0.466 e. The van der Waals surface area contributed by atoms with Crippen LogP contribution < -0.4 is 0 Å². The SMILES string of the molecule is COC(=O)C1=C(C)OC2=C(C(=O)CCC2)C1c1ccc(Cl)cc1Cl. The van der Waals surface area contributed by atoms with E-state index in [0.29, 0.717) is 51.1 Å². The number of rotatable bonds is 2. The molecule has 0 saturated carbocycles. The number of Topliss-reactive ketones (excluding diaryl/α,β-unsaturated/α-hetero) is 1. The number of carbonyl (C=O) groups is 2. The summed E-state index contributed by atoms with van der Waals surface area (Å²) >= 11 is 12.4. The summed E-state index contributed by atoms with van der Waals surface area (Å²) in [5, 5.41) is 0.883. The predicted molar refractivity (Wildman–Crippen MR) is 90.9 cm³/mol. The van der Waals surface area contributed by atoms with E-state index in [1.54, 1.807) is 25.1 Å². The van der Waals surface area contributed by atoms with Crippen LogP contribution >= 0.6 is 23.2 Å². The Labute approximate surface area is 150 Å². The van der Waals surface area contributed by atoms with Crippen LogP contribution in [0.3, 0.4) is 0 Å². The molecule has 6 heteroatoms. The van der Waals surface area contributed by atoms with E-state index in [-0.39, 0.29) is 5.78 Å². The van der Waals surface area contributed by atoms with Crippen molar-refractivity contribution in [3.63, 3.8) is 0 Å². The van der Waals surface area contributed by atoms with Crippen LogP contribution in [0.25, 0.3) is 0 Å². The maximum atomic E-state index is 12.6. The highest BCUT2D eigenvalue weighted by molar-refractivity contribution is 6.35. The Balaban J connectivity index is 2.23. The van der Waals surface area contributed by atoms with Gasteiger partial charge in [-0.25, -0.2) is 4.79 Å². The molecule has 1 aliphatic carbocycles. The first-order valence-corrected chi connectivity index (χ1v) is 8.37. The minimum atomic E-state index is -0.598. The van der Waals surface area contributed by atoms with Crippen molar-refractivity contribution in [3.05, 3.63) is 56.5 Å². The molecule has 1 unspecified atom stereocenters. The summed E-state index contributed by atoms with van der Waals surface area (Å²) in [7, 11) is 1.30. The summed E-state index contributed by atoms with van der Waals surface area (Å²) in [6.07, 6.45) is 1.82. The second kappa shape index (κ2) is 6.61. The second-order valence-corrected chi connectivity index (χ2v) is 6.62. The molecule has 126 valence electrons. The molecular weight excluding hydrogens is 351 g/mol. The third-order valence-electron chi connectivity index (χ3n) is 4.32. The molecule has 0 radical (unpaired) electrons. The largest absolute Gasteiger partial charge is 0.466 e. The van der Waals surface area contributed by atoms with Gasteiger partial charge in [-0.1, -0.05) is 29.3 Å². The van der Waals surface area contributed by atoms with Gasteiger partial charge < -0.3 is 9.47 Å². The van der Waals surface area contributed by atoms with Gasteiger partial charge in [0.15, 0.2) is 5.78 Å². The van der Waals surface area contributed by atoms with Gasteiger partial charge in [0, 0.05) is 28.5 Å². The monoisotopic (exact) mass is 366 g/mol. The van der Waals surface area contributed by atoms with Crippen LogP contribution in [0.15, 0.2) is 40.9 Å². The molecule has 1 aromatic rings. The molecule has 0 spiro atoms. The first-order chi connectivity index (χ1) is 11.4. The first kappa shape index (κ1) is 17.1. The minimum absolute atomic E-state index is 0.0267. The van der Waals surface area contributed by atoms with Crippen molar-refractivity contribution >= 4 is 35.0 Å². The zero-order valence-corrected chi connectivity index (χ0v) is 14.8. The smallest absolute Gasteiger partial charge is 0.338 e. The van der Waals surface area contributed by atoms with Gasteiger partial charge in [-0.15, -0.1) is 0 Å². The van der Waals surface area contributed by atoms with Crippen molar-refractivity contribution in [2.75, 3.05) is 7.11 Å². The van der Waals surface area contributed by atoms with Crippen molar-refractivity contribution in [1.29, 1.82) is 0 Å². The standard InChI is InChI=1S/C18H16Cl2O4/c1-9-15(18(22)23-2)16(11-7-6-10(19)8-12(11)20)17-13(21)4-3-5-14(17)24-9/h6-8,16H,3-5H2,1-2H3. The Morgan fingerprint density at radius 2 is 2.04 bits per heavy atom. The Morgan fingerprint density at radius 1 is 1.29 bits per heavy atom. The molecule has 0 fully saturated rings. The van der Waals surface area contributed by atoms with Crippen LogP contribution in [0.2, 0.25) is 10.0 Å². The molecule has 0 amide bonds. The highest BCUT2D eigenvalue weighted by atomic mass is 35.5. The van der Waals surface area contributed by atoms with Crippen LogP contribution in [0.5, 0.6) is 0 Å². The number of allylic oxidation sites excluding steroid dienone is 3. The van der Waals surface area contributed by atoms with E-state index in [0.717, 1.165) is 6.42 Å². The fourth-order valence-electron chi connectivity index (χ4n) is 3.27. The van der Waals surface area contributed by atoms with Crippen LogP contribution in [0.1, 0.15) is 37.7 Å². The summed E-state index contributed by atoms with van der Waals surface area (Å²) in [4.78, 5) is 24.9. The highest BCUT2D eigenvalue weighted by Gasteiger charge is 2.41. The molecule has 1 aliphatic heterocycles. The van der Waals surface area contributed by atoms with Crippen molar-refractivity contribution < 1.29 is 19.1 Å². The Morgan fingerprint density at radius 3 is 2.71 bits per heavy atom. The van der Waals surface area contributed by atoms with Gasteiger partial charge in [-0.3, -0.25) is 4.79 Å². The van der Waals surface area contributed by atoms with Crippen molar-refractivity contribution in [2.45, 2.75) is 32.1 Å². The maximum absolute atomic E-state index is 12.6. The fraction of sp³-hybridized carbons (Fsp3) is 0.333. The summed E-state index contributed by atoms with van der Waals surface area (Å²) < 4.78 is 10.7. The molecule has 2 aliphatic rings. The van der Waals surface area contributed by atoms with Gasteiger partial charge in [-0.2, -0.15) is 0 Å². The van der Waals surface area contributed by atoms with E-state index >= 15 is 0 Å². The normalized spacial score (nSPS) is 20.7. The summed E-state index contributed by atoms with van der Waals surface area (Å²) in [6, 6.07) is 5.03. The molecule has 4 nitrogen and oxygen atoms in total. The van der Waals surface area contributed by atoms with Crippen molar-refractivity contribution in [2.24, 2.45) is 0 Å². The maximum Gasteiger partial charge on any atom is 0.338 e. The third kappa shape index (κ3) is 2.85. The quantitative estimate of drug-likeness (QED) is 0.719. The average molecular weight is 367 g/mol. The van der Waals surface area contributed by atoms with E-state index in [1.807, 2.05) is 0 Å². The second-order valence-electron chi connectivity index (χ2n) is 5.78. The lowest BCUT2D eigenvalue weighted by atomic mass is 9.76. The van der Waals surface area contributed by atoms with Crippen LogP contribution in [-0.4, -0.2) is 18.9 Å². The predicted octanol–water partition coefficient (Wildman–Crippen LogP) is 4.56. The molecule has 0 saturated heterocycles. The number of methoxy groups -OCH3 is 1. The summed E-state index contributed by atoms with van der Waals surface area (Å²) in [5.41, 5.74) is 1.44. The van der Waals surface area contributed by atoms with Gasteiger partial charge in [0.2, 0.25) is 0 Å². The summed E-state index contributed by atoms with van der Waals surface area (Å²) in [5.74, 6) is -0.105. The van der Waals surface area contributed by atoms with Gasteiger partial charge in [0.25, 0.3) is 0 Å². The molecule has 1 atom stereocenters. The molecule has 1 aromatic carbocycles. The van der Waals surface area contributed by atoms with E-state index < -0.39 is 11.9 Å². The number of hydrogen-bond donors (Lipinski definition) is 0. The van der Waals surface area contributed by atoms with E-state index in [2.05, 4.69) is 0 Å². The Bertz CT molecular complexity index is 792. The van der Waals surface area contributed by atoms with Gasteiger partial charge in [0.1, 0.15) is 11.5 Å². The third-order valence-corrected chi connectivity index (χ3v) is 4.88. The zero-order chi connectivity index (χ0) is 17.4. The van der Waals surface area contributed by atoms with E-state index in [1.165, 1.54) is 7.11 Å². The molecule has 3 rings (SSSR count). The molecular formula is C18H16Cl2O4. The number of esters is 1. The molecule has 0 aromatic heterocycles. The molecule has 0 bridgehead atoms. The lowest BCUT2D eigenvalue weighted by Gasteiger charge is -2.33. The summed E-state index contributed by atoms with van der Waals surface area (Å²) in [6.45, 7) is 1.70. The molecule has 1 heterocycles. The topological polar surface area (TPSA) is 52.6 Å². The first-order valence-electron chi connectivity index (χ1n) is 7.62. The van der Waals surface area contributed by atoms with E-state index in [4.69, 9.17) is 32.7 Å². The lowest BCUT2D eigenvalue weighted by Crippen LogP contribution is -2.28. The Kier molecular flexibility index (Phi) is 4.70. The average Bonchev–Trinajstić information content (AvgIpc) is 2.53. The van der Waals surface area contributed by atoms with Crippen LogP contribution in [0.4, 0.5) is 0 Å². The number of ether oxygens (including phenoxy) is 2. The lowest BCUT2D eigenvalue weighted by molar-refractivity contribution is -0.136. The van der Waals surface area contributed by atoms with Crippen molar-refractivity contribution in [1.82, 2.24) is 0 Å². The van der Waals surface area contributed by atoms with Gasteiger partial charge in [0.05, 0.1) is 18.6 Å². The number of benzene rings is 1. The highest BCUT2D eigenvalue weighted by Crippen LogP contribution is 2.46. The number of carbonyl (C=O) groups excluding carboxylic acids is 2. The van der Waals surface area contributed by atoms with Gasteiger partial charge >= 0.3 is 5.97 Å². The van der Waals surface area contributed by atoms with Crippen LogP contribution in [-0.2, 0) is 19.1 Å². The number of hydrogen-bond acceptors (Lipinski definition) is 4. The number of ketones is 1. The van der Waals surface area contributed by atoms with Crippen LogP contribution in [0, 0.1) is 0 Å². The van der Waals surface area contributed by atoms with Gasteiger partial charge in [-0.05, 0) is 31.0 Å². The fourth-order valence-corrected chi connectivity index (χ4v) is 3.79. The number of halogens is 2. The zero-order valence-electron chi connectivity index (χ0n) is 13.3. The molecule has 24 heavy (non-hydrogen) atoms. The van der Waals surface area contributed by atoms with Crippen molar-refractivity contribution in [3.8, 4) is 0 Å². The van der Waals surface area contributed by atoms with E-state index in [9.17, 15) is 9.59 Å².